The SMILES string of the molecule is O=C(N[C@@H]1CCCN(Cc2ccccn2)C1)C1(c2ccccc2)CCCCC1. The fourth-order valence-electron chi connectivity index (χ4n) is 4.92. The lowest BCUT2D eigenvalue weighted by molar-refractivity contribution is -0.129. The van der Waals surface area contributed by atoms with Crippen molar-refractivity contribution in [1.29, 1.82) is 0 Å². The molecule has 1 aliphatic carbocycles. The lowest BCUT2D eigenvalue weighted by Crippen LogP contribution is -2.53. The van der Waals surface area contributed by atoms with Crippen molar-refractivity contribution in [2.45, 2.75) is 62.9 Å². The zero-order valence-corrected chi connectivity index (χ0v) is 16.6. The number of amides is 1. The molecule has 0 bridgehead atoms. The van der Waals surface area contributed by atoms with Crippen molar-refractivity contribution in [3.05, 3.63) is 66.0 Å². The van der Waals surface area contributed by atoms with Gasteiger partial charge in [0, 0.05) is 25.3 Å². The molecule has 1 aromatic heterocycles. The van der Waals surface area contributed by atoms with Gasteiger partial charge >= 0.3 is 0 Å². The van der Waals surface area contributed by atoms with Gasteiger partial charge < -0.3 is 5.32 Å². The fourth-order valence-corrected chi connectivity index (χ4v) is 4.92. The molecule has 0 spiro atoms. The van der Waals surface area contributed by atoms with Crippen LogP contribution in [0, 0.1) is 0 Å². The average molecular weight is 378 g/mol. The normalized spacial score (nSPS) is 22.5. The van der Waals surface area contributed by atoms with E-state index in [2.05, 4.69) is 45.5 Å². The number of benzene rings is 1. The molecule has 2 fully saturated rings. The Labute approximate surface area is 168 Å². The van der Waals surface area contributed by atoms with E-state index in [9.17, 15) is 4.79 Å². The predicted molar refractivity (Wildman–Crippen MR) is 112 cm³/mol. The van der Waals surface area contributed by atoms with Crippen LogP contribution in [0.2, 0.25) is 0 Å². The van der Waals surface area contributed by atoms with Crippen molar-refractivity contribution < 1.29 is 4.79 Å². The van der Waals surface area contributed by atoms with Crippen LogP contribution in [-0.4, -0.2) is 34.9 Å². The number of nitrogens with one attached hydrogen (secondary N) is 1. The van der Waals surface area contributed by atoms with Gasteiger partial charge in [-0.15, -0.1) is 0 Å². The van der Waals surface area contributed by atoms with Crippen LogP contribution in [-0.2, 0) is 16.8 Å². The maximum atomic E-state index is 13.5. The molecule has 148 valence electrons. The molecular formula is C24H31N3O. The summed E-state index contributed by atoms with van der Waals surface area (Å²) < 4.78 is 0. The third-order valence-electron chi connectivity index (χ3n) is 6.42. The maximum absolute atomic E-state index is 13.5. The Hall–Kier alpha value is -2.20. The topological polar surface area (TPSA) is 45.2 Å². The molecule has 2 aliphatic rings. The van der Waals surface area contributed by atoms with Gasteiger partial charge in [-0.25, -0.2) is 0 Å². The summed E-state index contributed by atoms with van der Waals surface area (Å²) in [5, 5.41) is 3.44. The first-order valence-corrected chi connectivity index (χ1v) is 10.7. The monoisotopic (exact) mass is 377 g/mol. The summed E-state index contributed by atoms with van der Waals surface area (Å²) in [6.07, 6.45) is 9.48. The summed E-state index contributed by atoms with van der Waals surface area (Å²) in [7, 11) is 0. The number of likely N-dealkylation sites (tertiary alicyclic amines) is 1. The minimum absolute atomic E-state index is 0.229. The van der Waals surface area contributed by atoms with Crippen LogP contribution in [0.4, 0.5) is 0 Å². The number of carbonyl (C=O) groups is 1. The van der Waals surface area contributed by atoms with Crippen molar-refractivity contribution >= 4 is 5.91 Å². The molecule has 1 aromatic carbocycles. The van der Waals surface area contributed by atoms with E-state index in [1.165, 1.54) is 12.0 Å². The number of rotatable bonds is 5. The summed E-state index contributed by atoms with van der Waals surface area (Å²) in [4.78, 5) is 20.4. The fraction of sp³-hybridized carbons (Fsp3) is 0.500. The predicted octanol–water partition coefficient (Wildman–Crippen LogP) is 4.06. The number of hydrogen-bond donors (Lipinski definition) is 1. The number of carbonyl (C=O) groups excluding carboxylic acids is 1. The van der Waals surface area contributed by atoms with Gasteiger partial charge in [-0.2, -0.15) is 0 Å². The second kappa shape index (κ2) is 8.87. The molecule has 28 heavy (non-hydrogen) atoms. The molecule has 1 saturated heterocycles. The highest BCUT2D eigenvalue weighted by atomic mass is 16.2. The zero-order chi connectivity index (χ0) is 19.2. The van der Waals surface area contributed by atoms with Crippen LogP contribution < -0.4 is 5.32 Å². The van der Waals surface area contributed by atoms with E-state index in [1.54, 1.807) is 0 Å². The van der Waals surface area contributed by atoms with Gasteiger partial charge in [0.2, 0.25) is 5.91 Å². The quantitative estimate of drug-likeness (QED) is 0.854. The van der Waals surface area contributed by atoms with Crippen LogP contribution in [0.3, 0.4) is 0 Å². The summed E-state index contributed by atoms with van der Waals surface area (Å²) in [5.41, 5.74) is 1.94. The molecule has 0 unspecified atom stereocenters. The molecule has 2 heterocycles. The maximum Gasteiger partial charge on any atom is 0.230 e. The number of hydrogen-bond acceptors (Lipinski definition) is 3. The van der Waals surface area contributed by atoms with E-state index >= 15 is 0 Å². The highest BCUT2D eigenvalue weighted by Gasteiger charge is 2.41. The van der Waals surface area contributed by atoms with E-state index < -0.39 is 0 Å². The molecule has 4 nitrogen and oxygen atoms in total. The Morgan fingerprint density at radius 2 is 1.82 bits per heavy atom. The standard InChI is InChI=1S/C24H31N3O/c28-23(24(14-6-2-7-15-24)20-10-3-1-4-11-20)26-22-13-9-17-27(19-22)18-21-12-5-8-16-25-21/h1,3-5,8,10-12,16,22H,2,6-7,9,13-15,17-19H2,(H,26,28)/t22-/m1/s1. The smallest absolute Gasteiger partial charge is 0.230 e. The molecule has 4 rings (SSSR count). The van der Waals surface area contributed by atoms with Gasteiger partial charge in [0.1, 0.15) is 0 Å². The number of pyridine rings is 1. The Morgan fingerprint density at radius 1 is 1.04 bits per heavy atom. The van der Waals surface area contributed by atoms with E-state index in [1.807, 2.05) is 24.4 Å². The Kier molecular flexibility index (Phi) is 6.06. The van der Waals surface area contributed by atoms with Crippen molar-refractivity contribution in [3.8, 4) is 0 Å². The Bertz CT molecular complexity index is 756. The minimum atomic E-state index is -0.344. The molecule has 1 atom stereocenters. The van der Waals surface area contributed by atoms with Gasteiger partial charge in [0.05, 0.1) is 11.1 Å². The lowest BCUT2D eigenvalue weighted by atomic mass is 9.68. The first-order valence-electron chi connectivity index (χ1n) is 10.7. The number of nitrogens with zero attached hydrogens (tertiary/aromatic N) is 2. The zero-order valence-electron chi connectivity index (χ0n) is 16.6. The highest BCUT2D eigenvalue weighted by Crippen LogP contribution is 2.40. The van der Waals surface area contributed by atoms with E-state index in [0.717, 1.165) is 63.9 Å². The van der Waals surface area contributed by atoms with Gasteiger partial charge in [0.15, 0.2) is 0 Å². The second-order valence-electron chi connectivity index (χ2n) is 8.38. The molecule has 0 radical (unpaired) electrons. The van der Waals surface area contributed by atoms with Crippen molar-refractivity contribution in [2.75, 3.05) is 13.1 Å². The average Bonchev–Trinajstić information content (AvgIpc) is 2.76. The molecule has 1 saturated carbocycles. The summed E-state index contributed by atoms with van der Waals surface area (Å²) in [6, 6.07) is 16.7. The van der Waals surface area contributed by atoms with Crippen LogP contribution in [0.25, 0.3) is 0 Å². The van der Waals surface area contributed by atoms with Gasteiger partial charge in [-0.1, -0.05) is 55.7 Å². The number of piperidine rings is 1. The van der Waals surface area contributed by atoms with Crippen LogP contribution in [0.15, 0.2) is 54.7 Å². The molecular weight excluding hydrogens is 346 g/mol. The third kappa shape index (κ3) is 4.27. The first-order chi connectivity index (χ1) is 13.8. The van der Waals surface area contributed by atoms with Crippen LogP contribution in [0.1, 0.15) is 56.2 Å². The summed E-state index contributed by atoms with van der Waals surface area (Å²) in [6.45, 7) is 2.84. The van der Waals surface area contributed by atoms with Crippen molar-refractivity contribution in [2.24, 2.45) is 0 Å². The van der Waals surface area contributed by atoms with Crippen LogP contribution >= 0.6 is 0 Å². The Balaban J connectivity index is 1.44. The first kappa shape index (κ1) is 19.1. The van der Waals surface area contributed by atoms with E-state index in [-0.39, 0.29) is 17.4 Å². The van der Waals surface area contributed by atoms with E-state index in [0.29, 0.717) is 0 Å². The summed E-state index contributed by atoms with van der Waals surface area (Å²) >= 11 is 0. The Morgan fingerprint density at radius 3 is 2.57 bits per heavy atom. The molecule has 2 aromatic rings. The molecule has 1 N–H and O–H groups in total. The van der Waals surface area contributed by atoms with E-state index in [4.69, 9.17) is 0 Å². The highest BCUT2D eigenvalue weighted by molar-refractivity contribution is 5.88. The molecule has 1 amide bonds. The molecule has 1 aliphatic heterocycles. The van der Waals surface area contributed by atoms with Gasteiger partial charge in [-0.05, 0) is 49.9 Å². The minimum Gasteiger partial charge on any atom is -0.351 e. The summed E-state index contributed by atoms with van der Waals surface area (Å²) in [5.74, 6) is 0.239. The largest absolute Gasteiger partial charge is 0.351 e. The van der Waals surface area contributed by atoms with Crippen LogP contribution in [0.5, 0.6) is 0 Å². The van der Waals surface area contributed by atoms with Gasteiger partial charge in [-0.3, -0.25) is 14.7 Å². The number of aromatic nitrogens is 1. The van der Waals surface area contributed by atoms with Crippen molar-refractivity contribution in [1.82, 2.24) is 15.2 Å². The lowest BCUT2D eigenvalue weighted by Gasteiger charge is -2.39. The second-order valence-corrected chi connectivity index (χ2v) is 8.38. The van der Waals surface area contributed by atoms with Gasteiger partial charge in [0.25, 0.3) is 0 Å². The third-order valence-corrected chi connectivity index (χ3v) is 6.42. The molecule has 4 heteroatoms. The van der Waals surface area contributed by atoms with Crippen molar-refractivity contribution in [3.63, 3.8) is 0 Å².